The lowest BCUT2D eigenvalue weighted by molar-refractivity contribution is -0.149. The Morgan fingerprint density at radius 2 is 2.08 bits per heavy atom. The monoisotopic (exact) mass is 344 g/mol. The summed E-state index contributed by atoms with van der Waals surface area (Å²) in [4.78, 5) is 25.7. The fraction of sp³-hybridized carbons (Fsp3) is 0.500. The highest BCUT2D eigenvalue weighted by molar-refractivity contribution is 5.90. The number of piperazine rings is 1. The summed E-state index contributed by atoms with van der Waals surface area (Å²) in [6, 6.07) is 3.50. The van der Waals surface area contributed by atoms with Gasteiger partial charge < -0.3 is 15.0 Å². The van der Waals surface area contributed by atoms with Crippen molar-refractivity contribution in [2.75, 3.05) is 26.3 Å². The number of carbonyl (C=O) groups is 2. The maximum atomic E-state index is 13.2. The summed E-state index contributed by atoms with van der Waals surface area (Å²) in [5.41, 5.74) is -1.15. The summed E-state index contributed by atoms with van der Waals surface area (Å²) < 4.78 is 44.9. The quantitative estimate of drug-likeness (QED) is 0.833. The Bertz CT molecular complexity index is 604. The van der Waals surface area contributed by atoms with Gasteiger partial charge in [0, 0.05) is 19.7 Å². The third kappa shape index (κ3) is 4.05. The third-order valence-electron chi connectivity index (χ3n) is 3.67. The fourth-order valence-corrected chi connectivity index (χ4v) is 2.63. The molecule has 1 atom stereocenters. The summed E-state index contributed by atoms with van der Waals surface area (Å²) in [7, 11) is 0. The van der Waals surface area contributed by atoms with E-state index in [4.69, 9.17) is 4.74 Å². The lowest BCUT2D eigenvalue weighted by Gasteiger charge is -2.36. The van der Waals surface area contributed by atoms with Gasteiger partial charge in [0.15, 0.2) is 0 Å². The van der Waals surface area contributed by atoms with Crippen LogP contribution in [-0.4, -0.2) is 43.0 Å². The van der Waals surface area contributed by atoms with E-state index in [0.29, 0.717) is 13.0 Å². The minimum Gasteiger partial charge on any atom is -0.372 e. The van der Waals surface area contributed by atoms with Crippen LogP contribution in [0.3, 0.4) is 0 Å². The zero-order valence-corrected chi connectivity index (χ0v) is 13.2. The Kier molecular flexibility index (Phi) is 5.82. The van der Waals surface area contributed by atoms with Crippen molar-refractivity contribution in [2.45, 2.75) is 25.6 Å². The first-order valence-electron chi connectivity index (χ1n) is 7.67. The van der Waals surface area contributed by atoms with Crippen molar-refractivity contribution in [2.24, 2.45) is 0 Å². The van der Waals surface area contributed by atoms with Gasteiger partial charge in [0.1, 0.15) is 12.6 Å². The first kappa shape index (κ1) is 18.3. The average molecular weight is 344 g/mol. The zero-order valence-electron chi connectivity index (χ0n) is 13.2. The second-order valence-corrected chi connectivity index (χ2v) is 5.42. The van der Waals surface area contributed by atoms with Crippen LogP contribution in [0.1, 0.15) is 30.5 Å². The molecule has 2 amide bonds. The van der Waals surface area contributed by atoms with E-state index in [9.17, 15) is 22.8 Å². The molecule has 8 heteroatoms. The first-order valence-corrected chi connectivity index (χ1v) is 7.67. The Labute approximate surface area is 137 Å². The maximum Gasteiger partial charge on any atom is 0.416 e. The normalized spacial score (nSPS) is 18.4. The molecule has 2 rings (SSSR count). The van der Waals surface area contributed by atoms with Crippen LogP contribution < -0.4 is 5.32 Å². The number of ether oxygens (including phenoxy) is 1. The van der Waals surface area contributed by atoms with Crippen molar-refractivity contribution in [1.82, 2.24) is 10.2 Å². The molecule has 0 radical (unpaired) electrons. The van der Waals surface area contributed by atoms with Crippen molar-refractivity contribution >= 4 is 11.8 Å². The van der Waals surface area contributed by atoms with Crippen molar-refractivity contribution in [3.63, 3.8) is 0 Å². The fourth-order valence-electron chi connectivity index (χ4n) is 2.63. The Balaban J connectivity index is 2.34. The van der Waals surface area contributed by atoms with Gasteiger partial charge in [0.25, 0.3) is 0 Å². The largest absolute Gasteiger partial charge is 0.416 e. The number of benzene rings is 1. The van der Waals surface area contributed by atoms with Crippen LogP contribution in [-0.2, 0) is 20.5 Å². The number of nitrogens with one attached hydrogen (secondary N) is 1. The van der Waals surface area contributed by atoms with Gasteiger partial charge in [0.2, 0.25) is 11.8 Å². The van der Waals surface area contributed by atoms with Gasteiger partial charge in [-0.05, 0) is 18.1 Å². The smallest absolute Gasteiger partial charge is 0.372 e. The van der Waals surface area contributed by atoms with Crippen LogP contribution in [0.4, 0.5) is 13.2 Å². The molecule has 0 aromatic heterocycles. The van der Waals surface area contributed by atoms with E-state index >= 15 is 0 Å². The van der Waals surface area contributed by atoms with E-state index < -0.39 is 29.6 Å². The zero-order chi connectivity index (χ0) is 17.7. The number of halogens is 3. The number of hydrogen-bond donors (Lipinski definition) is 1. The molecule has 0 aliphatic carbocycles. The lowest BCUT2D eigenvalue weighted by atomic mass is 9.96. The van der Waals surface area contributed by atoms with Crippen LogP contribution in [0.5, 0.6) is 0 Å². The molecular weight excluding hydrogens is 325 g/mol. The number of hydrogen-bond acceptors (Lipinski definition) is 3. The van der Waals surface area contributed by atoms with Crippen LogP contribution in [0.15, 0.2) is 24.3 Å². The van der Waals surface area contributed by atoms with Gasteiger partial charge in [-0.3, -0.25) is 9.59 Å². The summed E-state index contributed by atoms with van der Waals surface area (Å²) >= 11 is 0. The van der Waals surface area contributed by atoms with Gasteiger partial charge >= 0.3 is 6.18 Å². The highest BCUT2D eigenvalue weighted by atomic mass is 19.4. The molecule has 1 heterocycles. The topological polar surface area (TPSA) is 58.6 Å². The van der Waals surface area contributed by atoms with E-state index in [1.165, 1.54) is 18.2 Å². The molecule has 1 aromatic carbocycles. The van der Waals surface area contributed by atoms with E-state index in [1.54, 1.807) is 0 Å². The SMILES string of the molecule is CCCOCC(=O)N1CCNC(=O)[C@H]1c1ccccc1C(F)(F)F. The first-order chi connectivity index (χ1) is 11.4. The maximum absolute atomic E-state index is 13.2. The van der Waals surface area contributed by atoms with Crippen molar-refractivity contribution in [3.8, 4) is 0 Å². The molecule has 1 fully saturated rings. The third-order valence-corrected chi connectivity index (χ3v) is 3.67. The second kappa shape index (κ2) is 7.65. The molecule has 1 aliphatic rings. The van der Waals surface area contributed by atoms with Crippen molar-refractivity contribution in [3.05, 3.63) is 35.4 Å². The van der Waals surface area contributed by atoms with Crippen molar-refractivity contribution in [1.29, 1.82) is 0 Å². The molecule has 1 saturated heterocycles. The molecule has 0 bridgehead atoms. The number of rotatable bonds is 5. The minimum atomic E-state index is -4.61. The molecule has 1 aliphatic heterocycles. The lowest BCUT2D eigenvalue weighted by Crippen LogP contribution is -2.53. The number of carbonyl (C=O) groups excluding carboxylic acids is 2. The van der Waals surface area contributed by atoms with Crippen LogP contribution >= 0.6 is 0 Å². The Hall–Kier alpha value is -2.09. The van der Waals surface area contributed by atoms with E-state index in [-0.39, 0.29) is 25.3 Å². The van der Waals surface area contributed by atoms with Gasteiger partial charge in [-0.1, -0.05) is 25.1 Å². The number of alkyl halides is 3. The number of nitrogens with zero attached hydrogens (tertiary/aromatic N) is 1. The van der Waals surface area contributed by atoms with Crippen LogP contribution in [0.2, 0.25) is 0 Å². The molecule has 0 unspecified atom stereocenters. The van der Waals surface area contributed by atoms with Gasteiger partial charge in [-0.25, -0.2) is 0 Å². The molecule has 0 saturated carbocycles. The predicted octanol–water partition coefficient (Wildman–Crippen LogP) is 2.13. The summed E-state index contributed by atoms with van der Waals surface area (Å²) in [5.74, 6) is -1.12. The average Bonchev–Trinajstić information content (AvgIpc) is 2.54. The Morgan fingerprint density at radius 1 is 1.38 bits per heavy atom. The van der Waals surface area contributed by atoms with Gasteiger partial charge in [-0.2, -0.15) is 13.2 Å². The predicted molar refractivity (Wildman–Crippen MR) is 80.0 cm³/mol. The van der Waals surface area contributed by atoms with Gasteiger partial charge in [0.05, 0.1) is 5.56 Å². The summed E-state index contributed by atoms with van der Waals surface area (Å²) in [6.07, 6.45) is -3.89. The molecule has 132 valence electrons. The van der Waals surface area contributed by atoms with Gasteiger partial charge in [-0.15, -0.1) is 0 Å². The highest BCUT2D eigenvalue weighted by Crippen LogP contribution is 2.37. The molecule has 24 heavy (non-hydrogen) atoms. The van der Waals surface area contributed by atoms with Crippen LogP contribution in [0.25, 0.3) is 0 Å². The van der Waals surface area contributed by atoms with Crippen LogP contribution in [0, 0.1) is 0 Å². The second-order valence-electron chi connectivity index (χ2n) is 5.42. The molecule has 0 spiro atoms. The summed E-state index contributed by atoms with van der Waals surface area (Å²) in [5, 5.41) is 2.52. The Morgan fingerprint density at radius 3 is 2.75 bits per heavy atom. The van der Waals surface area contributed by atoms with E-state index in [1.807, 2.05) is 6.92 Å². The highest BCUT2D eigenvalue weighted by Gasteiger charge is 2.41. The van der Waals surface area contributed by atoms with E-state index in [2.05, 4.69) is 5.32 Å². The minimum absolute atomic E-state index is 0.136. The molecule has 1 N–H and O–H groups in total. The molecular formula is C16H19F3N2O3. The number of amides is 2. The standard InChI is InChI=1S/C16H19F3N2O3/c1-2-9-24-10-13(22)21-8-7-20-15(23)14(21)11-5-3-4-6-12(11)16(17,18)19/h3-6,14H,2,7-10H2,1H3,(H,20,23)/t14-/m1/s1. The summed E-state index contributed by atoms with van der Waals surface area (Å²) in [6.45, 7) is 2.32. The van der Waals surface area contributed by atoms with Crippen molar-refractivity contribution < 1.29 is 27.5 Å². The molecule has 5 nitrogen and oxygen atoms in total. The van der Waals surface area contributed by atoms with E-state index in [0.717, 1.165) is 11.0 Å². The molecule has 1 aromatic rings.